The normalized spacial score (nSPS) is 21.5. The van der Waals surface area contributed by atoms with Crippen LogP contribution in [0.2, 0.25) is 0 Å². The molecule has 4 rings (SSSR count). The van der Waals surface area contributed by atoms with Gasteiger partial charge >= 0.3 is 12.0 Å². The van der Waals surface area contributed by atoms with E-state index in [0.717, 1.165) is 4.90 Å². The van der Waals surface area contributed by atoms with E-state index in [0.29, 0.717) is 22.6 Å². The van der Waals surface area contributed by atoms with Gasteiger partial charge in [0.15, 0.2) is 9.84 Å². The van der Waals surface area contributed by atoms with E-state index in [2.05, 4.69) is 0 Å². The van der Waals surface area contributed by atoms with Gasteiger partial charge in [0.1, 0.15) is 5.75 Å². The second-order valence-corrected chi connectivity index (χ2v) is 10.7. The highest BCUT2D eigenvalue weighted by Crippen LogP contribution is 2.38. The molecule has 8 nitrogen and oxygen atoms in total. The molecular weight excluding hydrogens is 452 g/mol. The van der Waals surface area contributed by atoms with E-state index in [9.17, 15) is 18.0 Å². The van der Waals surface area contributed by atoms with Crippen LogP contribution in [-0.4, -0.2) is 69.4 Å². The molecule has 32 heavy (non-hydrogen) atoms. The highest BCUT2D eigenvalue weighted by atomic mass is 32.2. The first-order valence-electron chi connectivity index (χ1n) is 9.97. The fourth-order valence-electron chi connectivity index (χ4n) is 4.35. The van der Waals surface area contributed by atoms with Crippen molar-refractivity contribution in [1.29, 1.82) is 0 Å². The Bertz CT molecular complexity index is 1170. The van der Waals surface area contributed by atoms with Crippen LogP contribution in [0.1, 0.15) is 15.9 Å². The lowest BCUT2D eigenvalue weighted by Crippen LogP contribution is -2.37. The molecule has 0 N–H and O–H groups in total. The minimum absolute atomic E-state index is 0.0806. The number of fused-ring (bicyclic) bond motifs is 1. The maximum absolute atomic E-state index is 13.5. The third kappa shape index (κ3) is 4.04. The van der Waals surface area contributed by atoms with Crippen molar-refractivity contribution in [3.05, 3.63) is 53.6 Å². The molecule has 2 saturated heterocycles. The summed E-state index contributed by atoms with van der Waals surface area (Å²) >= 11 is 1.55. The van der Waals surface area contributed by atoms with Crippen LogP contribution in [0.3, 0.4) is 0 Å². The molecule has 0 aromatic heterocycles. The third-order valence-corrected chi connectivity index (χ3v) is 8.28. The fraction of sp³-hybridized carbons (Fsp3) is 0.364. The molecule has 2 aromatic carbocycles. The Morgan fingerprint density at radius 1 is 1.12 bits per heavy atom. The van der Waals surface area contributed by atoms with Crippen LogP contribution in [0, 0.1) is 0 Å². The summed E-state index contributed by atoms with van der Waals surface area (Å²) in [5.74, 6) is -0.173. The van der Waals surface area contributed by atoms with E-state index in [1.54, 1.807) is 39.8 Å². The Balaban J connectivity index is 1.73. The third-order valence-electron chi connectivity index (χ3n) is 5.85. The van der Waals surface area contributed by atoms with Gasteiger partial charge in [-0.15, -0.1) is 11.8 Å². The number of carbonyl (C=O) groups is 2. The van der Waals surface area contributed by atoms with Crippen molar-refractivity contribution in [1.82, 2.24) is 4.90 Å². The van der Waals surface area contributed by atoms with E-state index in [1.807, 2.05) is 30.5 Å². The number of amides is 2. The predicted octanol–water partition coefficient (Wildman–Crippen LogP) is 2.81. The predicted molar refractivity (Wildman–Crippen MR) is 122 cm³/mol. The van der Waals surface area contributed by atoms with Crippen LogP contribution in [0.5, 0.6) is 5.75 Å². The first-order valence-corrected chi connectivity index (χ1v) is 13.0. The van der Waals surface area contributed by atoms with Crippen LogP contribution in [-0.2, 0) is 21.1 Å². The first-order chi connectivity index (χ1) is 15.3. The first kappa shape index (κ1) is 22.5. The summed E-state index contributed by atoms with van der Waals surface area (Å²) in [5, 5.41) is 0. The highest BCUT2D eigenvalue weighted by molar-refractivity contribution is 7.98. The topological polar surface area (TPSA) is 93.2 Å². The number of anilines is 1. The number of ether oxygens (including phenoxy) is 2. The minimum atomic E-state index is -3.30. The summed E-state index contributed by atoms with van der Waals surface area (Å²) in [6.07, 6.45) is 1.95. The Labute approximate surface area is 191 Å². The van der Waals surface area contributed by atoms with Gasteiger partial charge in [0.25, 0.3) is 0 Å². The smallest absolute Gasteiger partial charge is 0.337 e. The number of nitrogens with zero attached hydrogens (tertiary/aromatic N) is 2. The quantitative estimate of drug-likeness (QED) is 0.360. The minimum Gasteiger partial charge on any atom is -0.496 e. The number of esters is 1. The molecule has 2 atom stereocenters. The van der Waals surface area contributed by atoms with Gasteiger partial charge in [-0.1, -0.05) is 6.07 Å². The summed E-state index contributed by atoms with van der Waals surface area (Å²) in [6, 6.07) is 11.1. The van der Waals surface area contributed by atoms with Crippen molar-refractivity contribution in [3.63, 3.8) is 0 Å². The lowest BCUT2D eigenvalue weighted by atomic mass is 10.1. The zero-order valence-corrected chi connectivity index (χ0v) is 19.6. The molecule has 2 unspecified atom stereocenters. The van der Waals surface area contributed by atoms with Crippen LogP contribution >= 0.6 is 11.8 Å². The van der Waals surface area contributed by atoms with Crippen LogP contribution in [0.15, 0.2) is 47.4 Å². The monoisotopic (exact) mass is 476 g/mol. The van der Waals surface area contributed by atoms with Crippen LogP contribution in [0.4, 0.5) is 10.5 Å². The van der Waals surface area contributed by atoms with Gasteiger partial charge in [-0.25, -0.2) is 18.0 Å². The molecule has 0 aliphatic carbocycles. The zero-order chi connectivity index (χ0) is 23.0. The Kier molecular flexibility index (Phi) is 6.09. The number of methoxy groups -OCH3 is 2. The van der Waals surface area contributed by atoms with E-state index in [4.69, 9.17) is 9.47 Å². The van der Waals surface area contributed by atoms with Gasteiger partial charge in [0, 0.05) is 16.1 Å². The number of carbonyl (C=O) groups excluding carboxylic acids is 2. The summed E-state index contributed by atoms with van der Waals surface area (Å²) in [5.41, 5.74) is 1.60. The van der Waals surface area contributed by atoms with Gasteiger partial charge in [0.05, 0.1) is 49.9 Å². The number of rotatable bonds is 6. The van der Waals surface area contributed by atoms with Gasteiger partial charge in [-0.3, -0.25) is 4.90 Å². The number of urea groups is 1. The van der Waals surface area contributed by atoms with Gasteiger partial charge in [-0.2, -0.15) is 0 Å². The van der Waals surface area contributed by atoms with E-state index >= 15 is 0 Å². The molecule has 0 radical (unpaired) electrons. The van der Waals surface area contributed by atoms with Crippen LogP contribution < -0.4 is 9.64 Å². The number of hydrogen-bond acceptors (Lipinski definition) is 7. The van der Waals surface area contributed by atoms with Crippen molar-refractivity contribution in [3.8, 4) is 5.75 Å². The zero-order valence-electron chi connectivity index (χ0n) is 18.0. The summed E-state index contributed by atoms with van der Waals surface area (Å²) in [6.45, 7) is 0.113. The number of benzene rings is 2. The van der Waals surface area contributed by atoms with Crippen molar-refractivity contribution >= 4 is 39.3 Å². The average Bonchev–Trinajstić information content (AvgIpc) is 3.22. The molecule has 2 aliphatic heterocycles. The molecule has 0 saturated carbocycles. The Morgan fingerprint density at radius 2 is 1.88 bits per heavy atom. The molecule has 2 heterocycles. The van der Waals surface area contributed by atoms with Gasteiger partial charge in [-0.05, 0) is 42.7 Å². The lowest BCUT2D eigenvalue weighted by molar-refractivity contribution is 0.0600. The van der Waals surface area contributed by atoms with Crippen molar-refractivity contribution in [2.24, 2.45) is 0 Å². The molecule has 10 heteroatoms. The molecule has 2 aliphatic rings. The SMILES string of the molecule is COC(=O)c1ccc(OC)c(CN2C(=O)N(c3cccc(SC)c3)C3CS(=O)(=O)CC32)c1. The molecule has 2 fully saturated rings. The maximum atomic E-state index is 13.5. The van der Waals surface area contributed by atoms with Gasteiger partial charge in [0.2, 0.25) is 0 Å². The summed E-state index contributed by atoms with van der Waals surface area (Å²) < 4.78 is 35.2. The second-order valence-electron chi connectivity index (χ2n) is 7.71. The average molecular weight is 477 g/mol. The Morgan fingerprint density at radius 3 is 2.56 bits per heavy atom. The lowest BCUT2D eigenvalue weighted by Gasteiger charge is -2.24. The maximum Gasteiger partial charge on any atom is 0.337 e. The van der Waals surface area contributed by atoms with Crippen molar-refractivity contribution in [2.75, 3.05) is 36.9 Å². The van der Waals surface area contributed by atoms with Gasteiger partial charge < -0.3 is 14.4 Å². The largest absolute Gasteiger partial charge is 0.496 e. The molecule has 0 bridgehead atoms. The van der Waals surface area contributed by atoms with Crippen LogP contribution in [0.25, 0.3) is 0 Å². The van der Waals surface area contributed by atoms with E-state index in [1.165, 1.54) is 14.2 Å². The second kappa shape index (κ2) is 8.67. The highest BCUT2D eigenvalue weighted by Gasteiger charge is 2.54. The molecule has 170 valence electrons. The molecule has 2 aromatic rings. The number of thioether (sulfide) groups is 1. The molecule has 0 spiro atoms. The van der Waals surface area contributed by atoms with Crippen molar-refractivity contribution in [2.45, 2.75) is 23.5 Å². The molecule has 2 amide bonds. The Hall–Kier alpha value is -2.72. The standard InChI is InChI=1S/C22H24N2O6S2/c1-29-20-8-7-14(21(25)30-2)9-15(20)11-23-18-12-32(27,28)13-19(18)24(22(23)26)16-5-4-6-17(10-16)31-3/h4-10,18-19H,11-13H2,1-3H3. The number of sulfone groups is 1. The number of hydrogen-bond donors (Lipinski definition) is 0. The van der Waals surface area contributed by atoms with Crippen molar-refractivity contribution < 1.29 is 27.5 Å². The van der Waals surface area contributed by atoms with E-state index in [-0.39, 0.29) is 24.1 Å². The molecular formula is C22H24N2O6S2. The fourth-order valence-corrected chi connectivity index (χ4v) is 6.76. The summed E-state index contributed by atoms with van der Waals surface area (Å²) in [7, 11) is -0.496. The van der Waals surface area contributed by atoms with E-state index < -0.39 is 27.9 Å². The summed E-state index contributed by atoms with van der Waals surface area (Å²) in [4.78, 5) is 29.7.